The average molecular weight is 314 g/mol. The molecule has 0 amide bonds. The first-order chi connectivity index (χ1) is 10.6. The van der Waals surface area contributed by atoms with Crippen molar-refractivity contribution >= 4 is 22.5 Å². The molecule has 0 aliphatic carbocycles. The predicted octanol–water partition coefficient (Wildman–Crippen LogP) is 5.76. The molecule has 3 heteroatoms. The summed E-state index contributed by atoms with van der Waals surface area (Å²) < 4.78 is 8.22. The van der Waals surface area contributed by atoms with Gasteiger partial charge in [-0.15, -0.1) is 0 Å². The van der Waals surface area contributed by atoms with Gasteiger partial charge in [-0.2, -0.15) is 0 Å². The third-order valence-corrected chi connectivity index (χ3v) is 4.22. The number of benzene rings is 2. The summed E-state index contributed by atoms with van der Waals surface area (Å²) in [5.41, 5.74) is 3.39. The van der Waals surface area contributed by atoms with Crippen molar-refractivity contribution < 1.29 is 4.74 Å². The Labute approximate surface area is 136 Å². The Morgan fingerprint density at radius 1 is 1.09 bits per heavy atom. The number of para-hydroxylation sites is 2. The molecule has 1 heterocycles. The van der Waals surface area contributed by atoms with Crippen LogP contribution in [0.4, 0.5) is 0 Å². The van der Waals surface area contributed by atoms with Crippen molar-refractivity contribution in [3.8, 4) is 5.75 Å². The molecule has 3 aromatic rings. The van der Waals surface area contributed by atoms with Crippen LogP contribution in [0.15, 0.2) is 48.7 Å². The lowest BCUT2D eigenvalue weighted by molar-refractivity contribution is 0.305. The molecule has 0 aliphatic rings. The van der Waals surface area contributed by atoms with Crippen LogP contribution in [0.2, 0.25) is 5.02 Å². The van der Waals surface area contributed by atoms with Gasteiger partial charge in [0.05, 0.1) is 10.5 Å². The molecule has 0 radical (unpaired) electrons. The number of rotatable bonds is 4. The van der Waals surface area contributed by atoms with Gasteiger partial charge in [-0.3, -0.25) is 0 Å². The highest BCUT2D eigenvalue weighted by Crippen LogP contribution is 2.31. The van der Waals surface area contributed by atoms with Gasteiger partial charge in [-0.1, -0.05) is 41.9 Å². The zero-order chi connectivity index (χ0) is 15.7. The SMILES string of the molecule is Cc1ccccc1OCc1cn(C(C)C)c2c(Cl)cccc12. The van der Waals surface area contributed by atoms with E-state index in [0.717, 1.165) is 32.8 Å². The Bertz CT molecular complexity index is 804. The van der Waals surface area contributed by atoms with Gasteiger partial charge in [0.2, 0.25) is 0 Å². The lowest BCUT2D eigenvalue weighted by Crippen LogP contribution is -1.99. The lowest BCUT2D eigenvalue weighted by Gasteiger charge is -2.09. The number of aromatic nitrogens is 1. The van der Waals surface area contributed by atoms with Crippen LogP contribution in [0.25, 0.3) is 10.9 Å². The Hall–Kier alpha value is -1.93. The molecule has 0 atom stereocenters. The fourth-order valence-electron chi connectivity index (χ4n) is 2.74. The maximum atomic E-state index is 6.40. The van der Waals surface area contributed by atoms with E-state index in [-0.39, 0.29) is 0 Å². The molecular formula is C19H20ClNO. The van der Waals surface area contributed by atoms with Crippen molar-refractivity contribution in [2.45, 2.75) is 33.4 Å². The molecule has 0 unspecified atom stereocenters. The second-order valence-electron chi connectivity index (χ2n) is 5.85. The molecule has 114 valence electrons. The van der Waals surface area contributed by atoms with Crippen molar-refractivity contribution in [2.75, 3.05) is 0 Å². The van der Waals surface area contributed by atoms with Crippen molar-refractivity contribution in [2.24, 2.45) is 0 Å². The van der Waals surface area contributed by atoms with Crippen LogP contribution in [0.3, 0.4) is 0 Å². The van der Waals surface area contributed by atoms with E-state index < -0.39 is 0 Å². The lowest BCUT2D eigenvalue weighted by atomic mass is 10.2. The highest BCUT2D eigenvalue weighted by Gasteiger charge is 2.13. The number of nitrogens with zero attached hydrogens (tertiary/aromatic N) is 1. The summed E-state index contributed by atoms with van der Waals surface area (Å²) in [6.45, 7) is 6.93. The van der Waals surface area contributed by atoms with E-state index in [2.05, 4.69) is 43.7 Å². The predicted molar refractivity (Wildman–Crippen MR) is 92.8 cm³/mol. The van der Waals surface area contributed by atoms with E-state index in [1.165, 1.54) is 0 Å². The van der Waals surface area contributed by atoms with Crippen molar-refractivity contribution in [3.05, 3.63) is 64.8 Å². The van der Waals surface area contributed by atoms with E-state index >= 15 is 0 Å². The van der Waals surface area contributed by atoms with E-state index in [0.29, 0.717) is 12.6 Å². The molecular weight excluding hydrogens is 294 g/mol. The highest BCUT2D eigenvalue weighted by atomic mass is 35.5. The normalized spacial score (nSPS) is 11.3. The van der Waals surface area contributed by atoms with Crippen LogP contribution in [0.5, 0.6) is 5.75 Å². The van der Waals surface area contributed by atoms with Crippen LogP contribution >= 0.6 is 11.6 Å². The Morgan fingerprint density at radius 2 is 1.86 bits per heavy atom. The fraction of sp³-hybridized carbons (Fsp3) is 0.263. The monoisotopic (exact) mass is 313 g/mol. The zero-order valence-electron chi connectivity index (χ0n) is 13.1. The van der Waals surface area contributed by atoms with Gasteiger partial charge in [0.15, 0.2) is 0 Å². The first-order valence-electron chi connectivity index (χ1n) is 7.54. The molecule has 0 aliphatic heterocycles. The van der Waals surface area contributed by atoms with E-state index in [9.17, 15) is 0 Å². The molecule has 0 bridgehead atoms. The zero-order valence-corrected chi connectivity index (χ0v) is 13.9. The smallest absolute Gasteiger partial charge is 0.122 e. The van der Waals surface area contributed by atoms with Gasteiger partial charge in [0.25, 0.3) is 0 Å². The number of aryl methyl sites for hydroxylation is 1. The fourth-order valence-corrected chi connectivity index (χ4v) is 3.01. The maximum Gasteiger partial charge on any atom is 0.122 e. The molecule has 2 aromatic carbocycles. The van der Waals surface area contributed by atoms with Crippen molar-refractivity contribution in [1.29, 1.82) is 0 Å². The number of hydrogen-bond donors (Lipinski definition) is 0. The molecule has 3 rings (SSSR count). The first-order valence-corrected chi connectivity index (χ1v) is 7.92. The van der Waals surface area contributed by atoms with Gasteiger partial charge in [-0.05, 0) is 38.5 Å². The number of halogens is 1. The third-order valence-electron chi connectivity index (χ3n) is 3.92. The number of ether oxygens (including phenoxy) is 1. The highest BCUT2D eigenvalue weighted by molar-refractivity contribution is 6.35. The molecule has 1 aromatic heterocycles. The topological polar surface area (TPSA) is 14.2 Å². The summed E-state index contributed by atoms with van der Waals surface area (Å²) in [6.07, 6.45) is 2.15. The molecule has 0 N–H and O–H groups in total. The minimum Gasteiger partial charge on any atom is -0.489 e. The standard InChI is InChI=1S/C19H20ClNO/c1-13(2)21-11-15(16-8-6-9-17(20)19(16)21)12-22-18-10-5-4-7-14(18)3/h4-11,13H,12H2,1-3H3. The van der Waals surface area contributed by atoms with Crippen LogP contribution < -0.4 is 4.74 Å². The second-order valence-corrected chi connectivity index (χ2v) is 6.25. The van der Waals surface area contributed by atoms with Gasteiger partial charge < -0.3 is 9.30 Å². The van der Waals surface area contributed by atoms with Crippen LogP contribution in [-0.2, 0) is 6.61 Å². The summed E-state index contributed by atoms with van der Waals surface area (Å²) in [5, 5.41) is 1.95. The summed E-state index contributed by atoms with van der Waals surface area (Å²) in [5.74, 6) is 0.926. The third kappa shape index (κ3) is 2.71. The maximum absolute atomic E-state index is 6.40. The molecule has 0 spiro atoms. The van der Waals surface area contributed by atoms with Gasteiger partial charge in [-0.25, -0.2) is 0 Å². The second kappa shape index (κ2) is 6.05. The Balaban J connectivity index is 1.98. The Morgan fingerprint density at radius 3 is 2.59 bits per heavy atom. The quantitative estimate of drug-likeness (QED) is 0.597. The molecule has 0 fully saturated rings. The molecule has 0 saturated carbocycles. The van der Waals surface area contributed by atoms with E-state index in [1.807, 2.05) is 30.3 Å². The number of hydrogen-bond acceptors (Lipinski definition) is 1. The first kappa shape index (κ1) is 15.0. The van der Waals surface area contributed by atoms with Gasteiger partial charge in [0, 0.05) is 23.2 Å². The summed E-state index contributed by atoms with van der Waals surface area (Å²) in [4.78, 5) is 0. The van der Waals surface area contributed by atoms with Crippen molar-refractivity contribution in [1.82, 2.24) is 4.57 Å². The van der Waals surface area contributed by atoms with Crippen LogP contribution in [0.1, 0.15) is 31.0 Å². The van der Waals surface area contributed by atoms with E-state index in [4.69, 9.17) is 16.3 Å². The summed E-state index contributed by atoms with van der Waals surface area (Å²) in [7, 11) is 0. The van der Waals surface area contributed by atoms with Crippen molar-refractivity contribution in [3.63, 3.8) is 0 Å². The largest absolute Gasteiger partial charge is 0.489 e. The van der Waals surface area contributed by atoms with E-state index in [1.54, 1.807) is 0 Å². The summed E-state index contributed by atoms with van der Waals surface area (Å²) >= 11 is 6.40. The molecule has 0 saturated heterocycles. The number of fused-ring (bicyclic) bond motifs is 1. The van der Waals surface area contributed by atoms with Crippen LogP contribution in [-0.4, -0.2) is 4.57 Å². The molecule has 2 nitrogen and oxygen atoms in total. The molecule has 22 heavy (non-hydrogen) atoms. The average Bonchev–Trinajstić information content (AvgIpc) is 2.87. The Kier molecular flexibility index (Phi) is 4.12. The summed E-state index contributed by atoms with van der Waals surface area (Å²) in [6, 6.07) is 14.5. The van der Waals surface area contributed by atoms with Crippen LogP contribution in [0, 0.1) is 6.92 Å². The van der Waals surface area contributed by atoms with Gasteiger partial charge in [0.1, 0.15) is 12.4 Å². The minimum absolute atomic E-state index is 0.356. The minimum atomic E-state index is 0.356. The van der Waals surface area contributed by atoms with Gasteiger partial charge >= 0.3 is 0 Å².